The van der Waals surface area contributed by atoms with Gasteiger partial charge in [-0.3, -0.25) is 4.79 Å². The number of carbonyl (C=O) groups is 1. The summed E-state index contributed by atoms with van der Waals surface area (Å²) in [6.07, 6.45) is 0.862. The lowest BCUT2D eigenvalue weighted by atomic mass is 10.3. The third-order valence-corrected chi connectivity index (χ3v) is 3.90. The molecule has 0 bridgehead atoms. The second-order valence-electron chi connectivity index (χ2n) is 5.82. The van der Waals surface area contributed by atoms with E-state index in [4.69, 9.17) is 21.1 Å². The summed E-state index contributed by atoms with van der Waals surface area (Å²) in [5, 5.41) is 3.58. The topological polar surface area (TPSA) is 52.0 Å². The fourth-order valence-corrected chi connectivity index (χ4v) is 2.49. The van der Waals surface area contributed by atoms with Gasteiger partial charge in [-0.05, 0) is 36.4 Å². The zero-order chi connectivity index (χ0) is 18.1. The molecule has 2 rings (SSSR count). The first-order valence-corrected chi connectivity index (χ1v) is 8.58. The van der Waals surface area contributed by atoms with Gasteiger partial charge >= 0.3 is 0 Å². The van der Waals surface area contributed by atoms with Crippen molar-refractivity contribution in [1.29, 1.82) is 0 Å². The maximum atomic E-state index is 12.1. The number of quaternary nitrogens is 1. The van der Waals surface area contributed by atoms with Crippen molar-refractivity contribution in [2.45, 2.75) is 6.42 Å². The van der Waals surface area contributed by atoms with Gasteiger partial charge in [-0.1, -0.05) is 17.7 Å². The molecule has 1 unspecified atom stereocenters. The minimum absolute atomic E-state index is 0.0237. The van der Waals surface area contributed by atoms with Crippen molar-refractivity contribution >= 4 is 23.2 Å². The van der Waals surface area contributed by atoms with E-state index in [-0.39, 0.29) is 5.91 Å². The van der Waals surface area contributed by atoms with Crippen LogP contribution in [0.5, 0.6) is 11.5 Å². The van der Waals surface area contributed by atoms with Crippen molar-refractivity contribution in [2.75, 3.05) is 39.2 Å². The molecule has 0 aromatic heterocycles. The highest BCUT2D eigenvalue weighted by atomic mass is 35.5. The van der Waals surface area contributed by atoms with E-state index < -0.39 is 0 Å². The van der Waals surface area contributed by atoms with Crippen LogP contribution in [0.15, 0.2) is 48.5 Å². The summed E-state index contributed by atoms with van der Waals surface area (Å²) in [5.74, 6) is 1.50. The number of benzene rings is 2. The molecule has 0 aliphatic rings. The summed E-state index contributed by atoms with van der Waals surface area (Å²) in [6.45, 7) is 1.85. The molecule has 2 aromatic rings. The summed E-state index contributed by atoms with van der Waals surface area (Å²) in [5.41, 5.74) is 0.739. The molecular weight excluding hydrogens is 340 g/mol. The van der Waals surface area contributed by atoms with Gasteiger partial charge in [-0.15, -0.1) is 0 Å². The Labute approximate surface area is 153 Å². The monoisotopic (exact) mass is 363 g/mol. The van der Waals surface area contributed by atoms with E-state index in [2.05, 4.69) is 5.32 Å². The first-order chi connectivity index (χ1) is 12.1. The minimum atomic E-state index is -0.0237. The maximum absolute atomic E-state index is 12.1. The Kier molecular flexibility index (Phi) is 7.57. The van der Waals surface area contributed by atoms with Gasteiger partial charge in [0.15, 0.2) is 6.54 Å². The number of hydrogen-bond donors (Lipinski definition) is 2. The van der Waals surface area contributed by atoms with Gasteiger partial charge in [0.05, 0.1) is 27.3 Å². The van der Waals surface area contributed by atoms with Crippen molar-refractivity contribution < 1.29 is 19.2 Å². The summed E-state index contributed by atoms with van der Waals surface area (Å²) in [7, 11) is 3.60. The minimum Gasteiger partial charge on any atom is -0.497 e. The molecule has 2 N–H and O–H groups in total. The molecule has 0 aliphatic carbocycles. The van der Waals surface area contributed by atoms with Gasteiger partial charge in [0.25, 0.3) is 5.91 Å². The molecule has 0 aliphatic heterocycles. The molecule has 134 valence electrons. The molecule has 0 radical (unpaired) electrons. The highest BCUT2D eigenvalue weighted by Crippen LogP contribution is 2.16. The predicted molar refractivity (Wildman–Crippen MR) is 99.8 cm³/mol. The third-order valence-electron chi connectivity index (χ3n) is 3.65. The lowest BCUT2D eigenvalue weighted by Crippen LogP contribution is -3.10. The van der Waals surface area contributed by atoms with Crippen LogP contribution < -0.4 is 19.7 Å². The van der Waals surface area contributed by atoms with Crippen LogP contribution in [0.2, 0.25) is 5.02 Å². The van der Waals surface area contributed by atoms with Crippen molar-refractivity contribution in [3.8, 4) is 11.5 Å². The average molecular weight is 364 g/mol. The quantitative estimate of drug-likeness (QED) is 0.672. The van der Waals surface area contributed by atoms with Crippen molar-refractivity contribution in [3.63, 3.8) is 0 Å². The number of carbonyl (C=O) groups excluding carboxylic acids is 1. The fraction of sp³-hybridized carbons (Fsp3) is 0.316. The Morgan fingerprint density at radius 2 is 1.92 bits per heavy atom. The maximum Gasteiger partial charge on any atom is 0.279 e. The Morgan fingerprint density at radius 3 is 2.64 bits per heavy atom. The molecule has 25 heavy (non-hydrogen) atoms. The highest BCUT2D eigenvalue weighted by Gasteiger charge is 2.10. The van der Waals surface area contributed by atoms with Crippen LogP contribution in [-0.4, -0.2) is 39.8 Å². The number of anilines is 1. The van der Waals surface area contributed by atoms with E-state index >= 15 is 0 Å². The largest absolute Gasteiger partial charge is 0.497 e. The lowest BCUT2D eigenvalue weighted by molar-refractivity contribution is -0.871. The first-order valence-electron chi connectivity index (χ1n) is 8.20. The van der Waals surface area contributed by atoms with Crippen molar-refractivity contribution in [3.05, 3.63) is 53.6 Å². The van der Waals surface area contributed by atoms with E-state index in [0.29, 0.717) is 18.2 Å². The molecule has 6 heteroatoms. The molecule has 0 saturated carbocycles. The number of amides is 1. The van der Waals surface area contributed by atoms with Gasteiger partial charge in [0.2, 0.25) is 0 Å². The van der Waals surface area contributed by atoms with Crippen molar-refractivity contribution in [2.24, 2.45) is 0 Å². The van der Waals surface area contributed by atoms with Crippen LogP contribution in [0, 0.1) is 0 Å². The number of hydrogen-bond acceptors (Lipinski definition) is 3. The molecule has 2 aromatic carbocycles. The number of ether oxygens (including phenoxy) is 2. The van der Waals surface area contributed by atoms with Gasteiger partial charge in [-0.2, -0.15) is 0 Å². The van der Waals surface area contributed by atoms with Crippen molar-refractivity contribution in [1.82, 2.24) is 0 Å². The van der Waals surface area contributed by atoms with Crippen LogP contribution >= 0.6 is 11.6 Å². The van der Waals surface area contributed by atoms with Crippen LogP contribution in [-0.2, 0) is 4.79 Å². The number of halogens is 1. The Bertz CT molecular complexity index is 677. The van der Waals surface area contributed by atoms with Gasteiger partial charge in [0.1, 0.15) is 11.5 Å². The second kappa shape index (κ2) is 9.91. The Morgan fingerprint density at radius 1 is 1.16 bits per heavy atom. The van der Waals surface area contributed by atoms with Crippen LogP contribution in [0.25, 0.3) is 0 Å². The fourth-order valence-electron chi connectivity index (χ4n) is 2.36. The van der Waals surface area contributed by atoms with Crippen LogP contribution in [0.1, 0.15) is 6.42 Å². The summed E-state index contributed by atoms with van der Waals surface area (Å²) in [4.78, 5) is 13.2. The highest BCUT2D eigenvalue weighted by molar-refractivity contribution is 6.30. The third kappa shape index (κ3) is 7.03. The summed E-state index contributed by atoms with van der Waals surface area (Å²) < 4.78 is 10.8. The van der Waals surface area contributed by atoms with Gasteiger partial charge in [0, 0.05) is 23.2 Å². The average Bonchev–Trinajstić information content (AvgIpc) is 2.60. The molecule has 0 spiro atoms. The molecule has 0 saturated heterocycles. The first kappa shape index (κ1) is 19.1. The van der Waals surface area contributed by atoms with Gasteiger partial charge in [-0.25, -0.2) is 0 Å². The van der Waals surface area contributed by atoms with Gasteiger partial charge < -0.3 is 19.7 Å². The smallest absolute Gasteiger partial charge is 0.279 e. The molecule has 5 nitrogen and oxygen atoms in total. The Hall–Kier alpha value is -2.24. The zero-order valence-electron chi connectivity index (χ0n) is 14.5. The molecular formula is C19H24ClN2O3+. The zero-order valence-corrected chi connectivity index (χ0v) is 15.3. The summed E-state index contributed by atoms with van der Waals surface area (Å²) >= 11 is 5.83. The van der Waals surface area contributed by atoms with E-state index in [1.54, 1.807) is 25.3 Å². The molecule has 0 fully saturated rings. The number of methoxy groups -OCH3 is 1. The van der Waals surface area contributed by atoms with E-state index in [1.807, 2.05) is 37.4 Å². The molecule has 1 amide bonds. The number of nitrogens with one attached hydrogen (secondary N) is 2. The standard InChI is InChI=1S/C19H23ClN2O3/c1-22(11-4-12-25-17-9-7-15(20)8-10-17)14-19(23)21-16-5-3-6-18(13-16)24-2/h3,5-10,13H,4,11-12,14H2,1-2H3,(H,21,23)/p+1. The van der Waals surface area contributed by atoms with E-state index in [9.17, 15) is 4.79 Å². The van der Waals surface area contributed by atoms with Crippen LogP contribution in [0.3, 0.4) is 0 Å². The molecule has 0 heterocycles. The predicted octanol–water partition coefficient (Wildman–Crippen LogP) is 2.27. The van der Waals surface area contributed by atoms with Crippen LogP contribution in [0.4, 0.5) is 5.69 Å². The lowest BCUT2D eigenvalue weighted by Gasteiger charge is -2.14. The SMILES string of the molecule is COc1cccc(NC(=O)C[NH+](C)CCCOc2ccc(Cl)cc2)c1. The normalized spacial score (nSPS) is 11.6. The summed E-state index contributed by atoms with van der Waals surface area (Å²) in [6, 6.07) is 14.6. The molecule has 1 atom stereocenters. The Balaban J connectivity index is 1.66. The number of likely N-dealkylation sites (N-methyl/N-ethyl adjacent to an activating group) is 1. The van der Waals surface area contributed by atoms with E-state index in [1.165, 1.54) is 0 Å². The second-order valence-corrected chi connectivity index (χ2v) is 6.26. The number of rotatable bonds is 9. The van der Waals surface area contributed by atoms with E-state index in [0.717, 1.165) is 35.1 Å².